The predicted octanol–water partition coefficient (Wildman–Crippen LogP) is 4.86. The van der Waals surface area contributed by atoms with Crippen LogP contribution in [-0.2, 0) is 6.18 Å². The van der Waals surface area contributed by atoms with Gasteiger partial charge in [-0.15, -0.1) is 0 Å². The summed E-state index contributed by atoms with van der Waals surface area (Å²) in [6.45, 7) is 0.819. The molecule has 1 atom stereocenters. The molecule has 1 aromatic heterocycles. The van der Waals surface area contributed by atoms with E-state index >= 15 is 0 Å². The molecular weight excluding hydrogens is 313 g/mol. The Morgan fingerprint density at radius 1 is 1.04 bits per heavy atom. The van der Waals surface area contributed by atoms with Crippen LogP contribution in [0.2, 0.25) is 0 Å². The number of aromatic nitrogens is 1. The van der Waals surface area contributed by atoms with Gasteiger partial charge in [-0.2, -0.15) is 13.2 Å². The minimum absolute atomic E-state index is 0.0767. The molecule has 0 saturated heterocycles. The molecule has 0 spiro atoms. The van der Waals surface area contributed by atoms with Crippen molar-refractivity contribution >= 4 is 10.9 Å². The highest BCUT2D eigenvalue weighted by molar-refractivity contribution is 5.81. The second-order valence-corrected chi connectivity index (χ2v) is 5.81. The quantitative estimate of drug-likeness (QED) is 0.706. The smallest absolute Gasteiger partial charge is 0.340 e. The number of halogens is 3. The summed E-state index contributed by atoms with van der Waals surface area (Å²) in [6, 6.07) is 15.8. The van der Waals surface area contributed by atoms with E-state index in [2.05, 4.69) is 22.0 Å². The lowest BCUT2D eigenvalue weighted by molar-refractivity contribution is -0.137. The van der Waals surface area contributed by atoms with Crippen molar-refractivity contribution in [3.05, 3.63) is 71.9 Å². The fourth-order valence-electron chi connectivity index (χ4n) is 3.03. The summed E-state index contributed by atoms with van der Waals surface area (Å²) in [5, 5.41) is 3.75. The van der Waals surface area contributed by atoms with Crippen LogP contribution in [0, 0.1) is 0 Å². The van der Waals surface area contributed by atoms with Gasteiger partial charge in [-0.25, -0.2) is 0 Å². The number of nitrogens with one attached hydrogen (secondary N) is 1. The molecule has 1 unspecified atom stereocenters. The highest BCUT2D eigenvalue weighted by Crippen LogP contribution is 2.33. The van der Waals surface area contributed by atoms with E-state index in [-0.39, 0.29) is 6.04 Å². The Labute approximate surface area is 138 Å². The van der Waals surface area contributed by atoms with Gasteiger partial charge in [0.15, 0.2) is 0 Å². The molecule has 0 amide bonds. The Balaban J connectivity index is 2.05. The molecule has 2 aromatic carbocycles. The lowest BCUT2D eigenvalue weighted by Crippen LogP contribution is -2.17. The standard InChI is InChI=1S/C19H19F3N2/c1-23-11-9-18(14-5-3-2-4-6-14)24-12-10-15-13-16(19(20,21)22)7-8-17(15)24/h2-8,10,12-13,18,23H,9,11H2,1H3. The first-order valence-corrected chi connectivity index (χ1v) is 7.88. The van der Waals surface area contributed by atoms with Crippen molar-refractivity contribution in [2.75, 3.05) is 13.6 Å². The zero-order valence-corrected chi connectivity index (χ0v) is 13.3. The van der Waals surface area contributed by atoms with Crippen molar-refractivity contribution in [2.45, 2.75) is 18.6 Å². The predicted molar refractivity (Wildman–Crippen MR) is 90.1 cm³/mol. The molecule has 126 valence electrons. The molecule has 1 heterocycles. The number of rotatable bonds is 5. The Morgan fingerprint density at radius 2 is 1.79 bits per heavy atom. The molecule has 1 N–H and O–H groups in total. The molecular formula is C19H19F3N2. The third-order valence-corrected chi connectivity index (χ3v) is 4.24. The van der Waals surface area contributed by atoms with Crippen LogP contribution >= 0.6 is 0 Å². The molecule has 5 heteroatoms. The van der Waals surface area contributed by atoms with Crippen LogP contribution in [0.15, 0.2) is 60.8 Å². The first-order chi connectivity index (χ1) is 11.5. The van der Waals surface area contributed by atoms with E-state index in [1.165, 1.54) is 6.07 Å². The maximum Gasteiger partial charge on any atom is 0.416 e. The number of nitrogens with zero attached hydrogens (tertiary/aromatic N) is 1. The minimum atomic E-state index is -4.32. The number of hydrogen-bond donors (Lipinski definition) is 1. The number of fused-ring (bicyclic) bond motifs is 1. The van der Waals surface area contributed by atoms with Crippen LogP contribution in [0.4, 0.5) is 13.2 Å². The third-order valence-electron chi connectivity index (χ3n) is 4.24. The van der Waals surface area contributed by atoms with E-state index in [1.54, 1.807) is 12.1 Å². The zero-order chi connectivity index (χ0) is 17.2. The number of alkyl halides is 3. The molecule has 0 fully saturated rings. The van der Waals surface area contributed by atoms with Gasteiger partial charge in [0.05, 0.1) is 11.6 Å². The molecule has 0 bridgehead atoms. The van der Waals surface area contributed by atoms with Gasteiger partial charge in [-0.05, 0) is 49.8 Å². The van der Waals surface area contributed by atoms with E-state index in [1.807, 2.05) is 31.4 Å². The Morgan fingerprint density at radius 3 is 2.46 bits per heavy atom. The molecule has 24 heavy (non-hydrogen) atoms. The molecule has 0 aliphatic carbocycles. The van der Waals surface area contributed by atoms with E-state index in [0.29, 0.717) is 5.39 Å². The van der Waals surface area contributed by atoms with Crippen molar-refractivity contribution < 1.29 is 13.2 Å². The van der Waals surface area contributed by atoms with Crippen molar-refractivity contribution in [2.24, 2.45) is 0 Å². The summed E-state index contributed by atoms with van der Waals surface area (Å²) in [4.78, 5) is 0. The molecule has 0 aliphatic rings. The molecule has 0 radical (unpaired) electrons. The van der Waals surface area contributed by atoms with Gasteiger partial charge in [0, 0.05) is 17.1 Å². The Bertz CT molecular complexity index is 806. The largest absolute Gasteiger partial charge is 0.416 e. The SMILES string of the molecule is CNCCC(c1ccccc1)n1ccc2cc(C(F)(F)F)ccc21. The summed E-state index contributed by atoms with van der Waals surface area (Å²) in [5.41, 5.74) is 1.34. The average Bonchev–Trinajstić information content (AvgIpc) is 2.99. The van der Waals surface area contributed by atoms with E-state index < -0.39 is 11.7 Å². The summed E-state index contributed by atoms with van der Waals surface area (Å²) in [5.74, 6) is 0. The summed E-state index contributed by atoms with van der Waals surface area (Å²) in [7, 11) is 1.89. The molecule has 0 aliphatic heterocycles. The highest BCUT2D eigenvalue weighted by Gasteiger charge is 2.30. The van der Waals surface area contributed by atoms with Crippen LogP contribution in [-0.4, -0.2) is 18.2 Å². The van der Waals surface area contributed by atoms with Gasteiger partial charge < -0.3 is 9.88 Å². The summed E-state index contributed by atoms with van der Waals surface area (Å²) >= 11 is 0. The van der Waals surface area contributed by atoms with E-state index in [9.17, 15) is 13.2 Å². The lowest BCUT2D eigenvalue weighted by Gasteiger charge is -2.21. The number of hydrogen-bond acceptors (Lipinski definition) is 1. The van der Waals surface area contributed by atoms with E-state index in [4.69, 9.17) is 0 Å². The summed E-state index contributed by atoms with van der Waals surface area (Å²) < 4.78 is 40.8. The normalized spacial score (nSPS) is 13.3. The van der Waals surface area contributed by atoms with Gasteiger partial charge in [-0.1, -0.05) is 30.3 Å². The maximum atomic E-state index is 12.9. The monoisotopic (exact) mass is 332 g/mol. The van der Waals surface area contributed by atoms with Gasteiger partial charge in [0.2, 0.25) is 0 Å². The van der Waals surface area contributed by atoms with Gasteiger partial charge in [0.25, 0.3) is 0 Å². The summed E-state index contributed by atoms with van der Waals surface area (Å²) in [6.07, 6.45) is -1.59. The molecule has 3 rings (SSSR count). The fourth-order valence-corrected chi connectivity index (χ4v) is 3.03. The van der Waals surface area contributed by atoms with Gasteiger partial charge in [-0.3, -0.25) is 0 Å². The van der Waals surface area contributed by atoms with Crippen molar-refractivity contribution in [3.63, 3.8) is 0 Å². The van der Waals surface area contributed by atoms with Crippen molar-refractivity contribution in [3.8, 4) is 0 Å². The average molecular weight is 332 g/mol. The topological polar surface area (TPSA) is 17.0 Å². The molecule has 0 saturated carbocycles. The molecule has 2 nitrogen and oxygen atoms in total. The third kappa shape index (κ3) is 3.31. The van der Waals surface area contributed by atoms with Crippen LogP contribution in [0.1, 0.15) is 23.6 Å². The van der Waals surface area contributed by atoms with Crippen LogP contribution < -0.4 is 5.32 Å². The number of benzene rings is 2. The second-order valence-electron chi connectivity index (χ2n) is 5.81. The van der Waals surface area contributed by atoms with Crippen LogP contribution in [0.5, 0.6) is 0 Å². The maximum absolute atomic E-state index is 12.9. The van der Waals surface area contributed by atoms with Crippen LogP contribution in [0.3, 0.4) is 0 Å². The van der Waals surface area contributed by atoms with Crippen molar-refractivity contribution in [1.29, 1.82) is 0 Å². The first kappa shape index (κ1) is 16.6. The highest BCUT2D eigenvalue weighted by atomic mass is 19.4. The fraction of sp³-hybridized carbons (Fsp3) is 0.263. The zero-order valence-electron chi connectivity index (χ0n) is 13.3. The Kier molecular flexibility index (Phi) is 4.62. The Hall–Kier alpha value is -2.27. The van der Waals surface area contributed by atoms with E-state index in [0.717, 1.165) is 30.1 Å². The molecule has 3 aromatic rings. The van der Waals surface area contributed by atoms with Gasteiger partial charge >= 0.3 is 6.18 Å². The lowest BCUT2D eigenvalue weighted by atomic mass is 10.0. The van der Waals surface area contributed by atoms with Crippen LogP contribution in [0.25, 0.3) is 10.9 Å². The minimum Gasteiger partial charge on any atom is -0.340 e. The first-order valence-electron chi connectivity index (χ1n) is 7.88. The second kappa shape index (κ2) is 6.69. The van der Waals surface area contributed by atoms with Crippen molar-refractivity contribution in [1.82, 2.24) is 9.88 Å². The van der Waals surface area contributed by atoms with Gasteiger partial charge in [0.1, 0.15) is 0 Å².